The van der Waals surface area contributed by atoms with Gasteiger partial charge in [-0.05, 0) is 52.0 Å². The Morgan fingerprint density at radius 1 is 1.39 bits per heavy atom. The normalized spacial score (nSPS) is 11.1. The first kappa shape index (κ1) is 16.5. The molecule has 0 fully saturated rings. The second-order valence-electron chi connectivity index (χ2n) is 4.84. The van der Waals surface area contributed by atoms with Crippen LogP contribution in [0.5, 0.6) is 5.75 Å². The summed E-state index contributed by atoms with van der Waals surface area (Å²) in [5.41, 5.74) is 1.97. The number of fused-ring (bicyclic) bond motifs is 1. The molecule has 0 amide bonds. The number of benzene rings is 1. The van der Waals surface area contributed by atoms with Gasteiger partial charge in [0.05, 0.1) is 17.1 Å². The molecule has 2 aromatic heterocycles. The Morgan fingerprint density at radius 2 is 2.22 bits per heavy atom. The Hall–Kier alpha value is -1.31. The molecule has 0 saturated heterocycles. The predicted octanol–water partition coefficient (Wildman–Crippen LogP) is 4.54. The third kappa shape index (κ3) is 3.32. The molecular weight excluding hydrogens is 396 g/mol. The molecule has 7 heteroatoms. The van der Waals surface area contributed by atoms with Crippen molar-refractivity contribution in [2.24, 2.45) is 0 Å². The van der Waals surface area contributed by atoms with Gasteiger partial charge in [-0.2, -0.15) is 0 Å². The summed E-state index contributed by atoms with van der Waals surface area (Å²) in [6, 6.07) is 7.88. The summed E-state index contributed by atoms with van der Waals surface area (Å²) in [5.74, 6) is 1.55. The van der Waals surface area contributed by atoms with Crippen molar-refractivity contribution < 1.29 is 4.74 Å². The van der Waals surface area contributed by atoms with Crippen molar-refractivity contribution in [3.05, 3.63) is 50.0 Å². The number of nitrogens with zero attached hydrogens (tertiary/aromatic N) is 2. The maximum atomic E-state index is 12.5. The number of hydrogen-bond acceptors (Lipinski definition) is 5. The first-order chi connectivity index (χ1) is 11.1. The van der Waals surface area contributed by atoms with Crippen molar-refractivity contribution in [3.8, 4) is 5.75 Å². The van der Waals surface area contributed by atoms with Crippen molar-refractivity contribution in [3.63, 3.8) is 0 Å². The third-order valence-corrected chi connectivity index (χ3v) is 5.99. The van der Waals surface area contributed by atoms with Gasteiger partial charge in [0.25, 0.3) is 5.56 Å². The van der Waals surface area contributed by atoms with E-state index in [9.17, 15) is 4.79 Å². The zero-order valence-corrected chi connectivity index (χ0v) is 15.9. The van der Waals surface area contributed by atoms with Gasteiger partial charge in [-0.15, -0.1) is 11.3 Å². The lowest BCUT2D eigenvalue weighted by atomic mass is 10.2. The van der Waals surface area contributed by atoms with Gasteiger partial charge in [0.15, 0.2) is 5.16 Å². The molecule has 0 radical (unpaired) electrons. The molecule has 0 N–H and O–H groups in total. The minimum Gasteiger partial charge on any atom is -0.496 e. The van der Waals surface area contributed by atoms with Crippen molar-refractivity contribution in [2.75, 3.05) is 7.11 Å². The zero-order chi connectivity index (χ0) is 16.4. The largest absolute Gasteiger partial charge is 0.496 e. The molecule has 3 aromatic rings. The van der Waals surface area contributed by atoms with Crippen LogP contribution in [0.1, 0.15) is 12.5 Å². The van der Waals surface area contributed by atoms with Crippen LogP contribution in [-0.4, -0.2) is 16.7 Å². The van der Waals surface area contributed by atoms with E-state index in [0.717, 1.165) is 36.9 Å². The number of thioether (sulfide) groups is 1. The zero-order valence-electron chi connectivity index (χ0n) is 12.7. The van der Waals surface area contributed by atoms with Crippen LogP contribution < -0.4 is 10.3 Å². The van der Waals surface area contributed by atoms with Gasteiger partial charge in [-0.3, -0.25) is 9.36 Å². The number of thiophene rings is 1. The van der Waals surface area contributed by atoms with E-state index >= 15 is 0 Å². The van der Waals surface area contributed by atoms with Gasteiger partial charge in [0.1, 0.15) is 10.4 Å². The summed E-state index contributed by atoms with van der Waals surface area (Å²) in [6.07, 6.45) is 0. The maximum absolute atomic E-state index is 12.5. The molecule has 0 aliphatic rings. The maximum Gasteiger partial charge on any atom is 0.272 e. The van der Waals surface area contributed by atoms with Crippen LogP contribution >= 0.6 is 39.0 Å². The highest BCUT2D eigenvalue weighted by atomic mass is 79.9. The summed E-state index contributed by atoms with van der Waals surface area (Å²) >= 11 is 6.52. The van der Waals surface area contributed by atoms with E-state index in [-0.39, 0.29) is 5.56 Å². The molecule has 0 bridgehead atoms. The minimum absolute atomic E-state index is 0.0471. The van der Waals surface area contributed by atoms with Crippen LogP contribution in [0.3, 0.4) is 0 Å². The smallest absolute Gasteiger partial charge is 0.272 e. The Bertz CT molecular complexity index is 905. The molecule has 120 valence electrons. The average Bonchev–Trinajstić information content (AvgIpc) is 3.02. The standard InChI is InChI=1S/C16H15BrN2O2S2/c1-3-19-15(20)14-12(6-7-22-14)18-16(19)23-9-10-4-5-13(21-2)11(17)8-10/h4-8H,3,9H2,1-2H3. The lowest BCUT2D eigenvalue weighted by Crippen LogP contribution is -2.21. The molecule has 4 nitrogen and oxygen atoms in total. The van der Waals surface area contributed by atoms with Crippen LogP contribution in [0.2, 0.25) is 0 Å². The summed E-state index contributed by atoms with van der Waals surface area (Å²) in [7, 11) is 1.65. The molecule has 0 aliphatic carbocycles. The average molecular weight is 411 g/mol. The fourth-order valence-corrected chi connectivity index (χ4v) is 4.63. The fraction of sp³-hybridized carbons (Fsp3) is 0.250. The fourth-order valence-electron chi connectivity index (χ4n) is 2.26. The highest BCUT2D eigenvalue weighted by molar-refractivity contribution is 9.10. The van der Waals surface area contributed by atoms with Crippen LogP contribution in [0, 0.1) is 0 Å². The van der Waals surface area contributed by atoms with E-state index in [1.165, 1.54) is 11.3 Å². The molecule has 2 heterocycles. The molecule has 0 unspecified atom stereocenters. The van der Waals surface area contributed by atoms with Crippen LogP contribution in [0.25, 0.3) is 10.2 Å². The first-order valence-electron chi connectivity index (χ1n) is 7.07. The summed E-state index contributed by atoms with van der Waals surface area (Å²) in [4.78, 5) is 17.1. The van der Waals surface area contributed by atoms with Gasteiger partial charge in [-0.25, -0.2) is 4.98 Å². The van der Waals surface area contributed by atoms with E-state index in [2.05, 4.69) is 20.9 Å². The Kier molecular flexibility index (Phi) is 5.08. The van der Waals surface area contributed by atoms with Crippen LogP contribution in [0.4, 0.5) is 0 Å². The van der Waals surface area contributed by atoms with Crippen LogP contribution in [0.15, 0.2) is 44.1 Å². The SMILES string of the molecule is CCn1c(SCc2ccc(OC)c(Br)c2)nc2ccsc2c1=O. The van der Waals surface area contributed by atoms with Crippen molar-refractivity contribution in [1.29, 1.82) is 0 Å². The molecule has 23 heavy (non-hydrogen) atoms. The lowest BCUT2D eigenvalue weighted by molar-refractivity contribution is 0.412. The van der Waals surface area contributed by atoms with Gasteiger partial charge < -0.3 is 4.74 Å². The number of halogens is 1. The highest BCUT2D eigenvalue weighted by Crippen LogP contribution is 2.29. The molecule has 0 atom stereocenters. The van der Waals surface area contributed by atoms with Gasteiger partial charge in [0, 0.05) is 12.3 Å². The molecule has 0 saturated carbocycles. The van der Waals surface area contributed by atoms with Gasteiger partial charge in [-0.1, -0.05) is 17.8 Å². The van der Waals surface area contributed by atoms with E-state index < -0.39 is 0 Å². The predicted molar refractivity (Wildman–Crippen MR) is 99.8 cm³/mol. The summed E-state index contributed by atoms with van der Waals surface area (Å²) in [6.45, 7) is 2.59. The van der Waals surface area contributed by atoms with E-state index in [0.29, 0.717) is 6.54 Å². The molecular formula is C16H15BrN2O2S2. The topological polar surface area (TPSA) is 44.1 Å². The van der Waals surface area contributed by atoms with Gasteiger partial charge in [0.2, 0.25) is 0 Å². The van der Waals surface area contributed by atoms with Crippen LogP contribution in [-0.2, 0) is 12.3 Å². The van der Waals surface area contributed by atoms with Gasteiger partial charge >= 0.3 is 0 Å². The van der Waals surface area contributed by atoms with Crippen molar-refractivity contribution >= 4 is 49.2 Å². The lowest BCUT2D eigenvalue weighted by Gasteiger charge is -2.10. The van der Waals surface area contributed by atoms with Crippen molar-refractivity contribution in [1.82, 2.24) is 9.55 Å². The van der Waals surface area contributed by atoms with Crippen molar-refractivity contribution in [2.45, 2.75) is 24.4 Å². The minimum atomic E-state index is 0.0471. The Labute approximate surface area is 150 Å². The monoisotopic (exact) mass is 410 g/mol. The Morgan fingerprint density at radius 3 is 2.91 bits per heavy atom. The number of hydrogen-bond donors (Lipinski definition) is 0. The molecule has 0 spiro atoms. The molecule has 0 aliphatic heterocycles. The molecule has 1 aromatic carbocycles. The number of rotatable bonds is 5. The Balaban J connectivity index is 1.89. The highest BCUT2D eigenvalue weighted by Gasteiger charge is 2.12. The van der Waals surface area contributed by atoms with E-state index in [4.69, 9.17) is 4.74 Å². The first-order valence-corrected chi connectivity index (χ1v) is 9.73. The van der Waals surface area contributed by atoms with E-state index in [1.807, 2.05) is 36.6 Å². The number of aromatic nitrogens is 2. The summed E-state index contributed by atoms with van der Waals surface area (Å²) in [5, 5.41) is 2.67. The quantitative estimate of drug-likeness (QED) is 0.457. The molecule has 3 rings (SSSR count). The second-order valence-corrected chi connectivity index (χ2v) is 7.55. The number of methoxy groups -OCH3 is 1. The number of ether oxygens (including phenoxy) is 1. The second kappa shape index (κ2) is 7.07. The third-order valence-electron chi connectivity index (χ3n) is 3.43. The summed E-state index contributed by atoms with van der Waals surface area (Å²) < 4.78 is 8.63. The van der Waals surface area contributed by atoms with E-state index in [1.54, 1.807) is 23.4 Å².